The predicted molar refractivity (Wildman–Crippen MR) is 87.5 cm³/mol. The molecule has 0 radical (unpaired) electrons. The first kappa shape index (κ1) is 18.8. The number of amides is 2. The van der Waals surface area contributed by atoms with Gasteiger partial charge >= 0.3 is 12.2 Å². The smallest absolute Gasteiger partial charge is 0.404 e. The van der Waals surface area contributed by atoms with Gasteiger partial charge in [-0.15, -0.1) is 0 Å². The molecule has 1 aromatic carbocycles. The normalized spacial score (nSPS) is 13.9. The quantitative estimate of drug-likeness (QED) is 0.499. The molecule has 1 aromatic rings. The number of carbonyl (C=O) groups is 2. The minimum Gasteiger partial charge on any atom is -0.465 e. The minimum atomic E-state index is -1.23. The maximum absolute atomic E-state index is 10.9. The summed E-state index contributed by atoms with van der Waals surface area (Å²) in [5, 5.41) is 22.1. The summed E-state index contributed by atoms with van der Waals surface area (Å²) in [5.41, 5.74) is 7.04. The summed E-state index contributed by atoms with van der Waals surface area (Å²) in [6, 6.07) is 8.71. The molecule has 6 N–H and O–H groups in total. The van der Waals surface area contributed by atoms with Crippen LogP contribution >= 0.6 is 0 Å². The van der Waals surface area contributed by atoms with E-state index >= 15 is 0 Å². The first-order valence-electron chi connectivity index (χ1n) is 7.48. The number of nitrogens with two attached hydrogens (primary N) is 1. The Morgan fingerprint density at radius 2 is 1.78 bits per heavy atom. The highest BCUT2D eigenvalue weighted by molar-refractivity contribution is 5.66. The SMILES string of the molecule is CC(C)(CCc1ccccc1)C(N)C(CNC(=O)O)NC(=O)O. The van der Waals surface area contributed by atoms with Crippen LogP contribution in [0.1, 0.15) is 25.8 Å². The molecule has 0 bridgehead atoms. The van der Waals surface area contributed by atoms with Gasteiger partial charge in [0.05, 0.1) is 6.04 Å². The van der Waals surface area contributed by atoms with Crippen LogP contribution in [0.5, 0.6) is 0 Å². The molecule has 0 aromatic heterocycles. The Morgan fingerprint density at radius 3 is 2.30 bits per heavy atom. The molecular weight excluding hydrogens is 298 g/mol. The van der Waals surface area contributed by atoms with E-state index in [1.807, 2.05) is 44.2 Å². The van der Waals surface area contributed by atoms with Crippen molar-refractivity contribution < 1.29 is 19.8 Å². The maximum atomic E-state index is 10.9. The first-order valence-corrected chi connectivity index (χ1v) is 7.48. The summed E-state index contributed by atoms with van der Waals surface area (Å²) in [6.45, 7) is 3.84. The molecule has 0 aliphatic heterocycles. The van der Waals surface area contributed by atoms with Crippen molar-refractivity contribution in [1.29, 1.82) is 0 Å². The monoisotopic (exact) mass is 323 g/mol. The van der Waals surface area contributed by atoms with Crippen LogP contribution in [0.25, 0.3) is 0 Å². The van der Waals surface area contributed by atoms with Crippen molar-refractivity contribution in [3.05, 3.63) is 35.9 Å². The molecule has 0 saturated heterocycles. The maximum Gasteiger partial charge on any atom is 0.404 e. The Labute approximate surface area is 135 Å². The molecular formula is C16H25N3O4. The van der Waals surface area contributed by atoms with E-state index in [4.69, 9.17) is 15.9 Å². The van der Waals surface area contributed by atoms with Crippen molar-refractivity contribution in [3.63, 3.8) is 0 Å². The molecule has 7 nitrogen and oxygen atoms in total. The summed E-state index contributed by atoms with van der Waals surface area (Å²) >= 11 is 0. The van der Waals surface area contributed by atoms with E-state index in [0.717, 1.165) is 12.8 Å². The van der Waals surface area contributed by atoms with Gasteiger partial charge in [0.1, 0.15) is 0 Å². The standard InChI is InChI=1S/C16H25N3O4/c1-16(2,9-8-11-6-4-3-5-7-11)13(17)12(19-15(22)23)10-18-14(20)21/h3-7,12-13,18-19H,8-10,17H2,1-2H3,(H,20,21)(H,22,23). The number of aryl methyl sites for hydroxylation is 1. The van der Waals surface area contributed by atoms with Crippen molar-refractivity contribution in [1.82, 2.24) is 10.6 Å². The van der Waals surface area contributed by atoms with Crippen LogP contribution in [0.3, 0.4) is 0 Å². The average Bonchev–Trinajstić information content (AvgIpc) is 2.49. The lowest BCUT2D eigenvalue weighted by Crippen LogP contribution is -2.58. The number of carboxylic acid groups (broad SMARTS) is 2. The van der Waals surface area contributed by atoms with Gasteiger partial charge in [0.15, 0.2) is 0 Å². The number of hydrogen-bond acceptors (Lipinski definition) is 3. The van der Waals surface area contributed by atoms with Gasteiger partial charge in [0, 0.05) is 12.6 Å². The van der Waals surface area contributed by atoms with Gasteiger partial charge in [0.2, 0.25) is 0 Å². The van der Waals surface area contributed by atoms with Crippen LogP contribution in [0.4, 0.5) is 9.59 Å². The fraction of sp³-hybridized carbons (Fsp3) is 0.500. The van der Waals surface area contributed by atoms with E-state index in [1.54, 1.807) is 0 Å². The van der Waals surface area contributed by atoms with E-state index in [9.17, 15) is 9.59 Å². The molecule has 0 spiro atoms. The van der Waals surface area contributed by atoms with Gasteiger partial charge in [-0.05, 0) is 23.8 Å². The van der Waals surface area contributed by atoms with E-state index in [1.165, 1.54) is 5.56 Å². The molecule has 2 atom stereocenters. The Bertz CT molecular complexity index is 519. The van der Waals surface area contributed by atoms with Crippen LogP contribution in [0.15, 0.2) is 30.3 Å². The molecule has 0 saturated carbocycles. The third kappa shape index (κ3) is 6.56. The van der Waals surface area contributed by atoms with Gasteiger partial charge in [-0.3, -0.25) is 0 Å². The second-order valence-electron chi connectivity index (χ2n) is 6.24. The highest BCUT2D eigenvalue weighted by Gasteiger charge is 2.33. The van der Waals surface area contributed by atoms with Gasteiger partial charge in [-0.1, -0.05) is 44.2 Å². The number of rotatable bonds is 8. The lowest BCUT2D eigenvalue weighted by atomic mass is 9.76. The van der Waals surface area contributed by atoms with E-state index < -0.39 is 24.3 Å². The van der Waals surface area contributed by atoms with Crippen LogP contribution in [-0.2, 0) is 6.42 Å². The zero-order valence-electron chi connectivity index (χ0n) is 13.5. The van der Waals surface area contributed by atoms with Crippen LogP contribution < -0.4 is 16.4 Å². The van der Waals surface area contributed by atoms with Gasteiger partial charge < -0.3 is 26.6 Å². The molecule has 0 fully saturated rings. The summed E-state index contributed by atoms with van der Waals surface area (Å²) in [4.78, 5) is 21.6. The lowest BCUT2D eigenvalue weighted by Gasteiger charge is -2.37. The van der Waals surface area contributed by atoms with Crippen molar-refractivity contribution in [2.75, 3.05) is 6.54 Å². The summed E-state index contributed by atoms with van der Waals surface area (Å²) < 4.78 is 0. The number of benzene rings is 1. The van der Waals surface area contributed by atoms with Crippen LogP contribution in [0, 0.1) is 5.41 Å². The van der Waals surface area contributed by atoms with Crippen molar-refractivity contribution >= 4 is 12.2 Å². The summed E-state index contributed by atoms with van der Waals surface area (Å²) in [7, 11) is 0. The molecule has 2 unspecified atom stereocenters. The predicted octanol–water partition coefficient (Wildman–Crippen LogP) is 1.88. The third-order valence-electron chi connectivity index (χ3n) is 4.02. The summed E-state index contributed by atoms with van der Waals surface area (Å²) in [5.74, 6) is 0. The van der Waals surface area contributed by atoms with Crippen molar-refractivity contribution in [2.24, 2.45) is 11.1 Å². The second-order valence-corrected chi connectivity index (χ2v) is 6.24. The van der Waals surface area contributed by atoms with E-state index in [2.05, 4.69) is 10.6 Å². The fourth-order valence-electron chi connectivity index (χ4n) is 2.45. The fourth-order valence-corrected chi connectivity index (χ4v) is 2.45. The molecule has 128 valence electrons. The van der Waals surface area contributed by atoms with Crippen LogP contribution in [-0.4, -0.2) is 41.0 Å². The third-order valence-corrected chi connectivity index (χ3v) is 4.02. The van der Waals surface area contributed by atoms with Crippen LogP contribution in [0.2, 0.25) is 0 Å². The molecule has 1 rings (SSSR count). The molecule has 23 heavy (non-hydrogen) atoms. The Hall–Kier alpha value is -2.28. The largest absolute Gasteiger partial charge is 0.465 e. The summed E-state index contributed by atoms with van der Waals surface area (Å²) in [6.07, 6.45) is -0.871. The first-order chi connectivity index (χ1) is 10.7. The highest BCUT2D eigenvalue weighted by atomic mass is 16.4. The minimum absolute atomic E-state index is 0.0719. The van der Waals surface area contributed by atoms with E-state index in [-0.39, 0.29) is 12.0 Å². The van der Waals surface area contributed by atoms with Gasteiger partial charge in [-0.2, -0.15) is 0 Å². The van der Waals surface area contributed by atoms with Gasteiger partial charge in [-0.25, -0.2) is 9.59 Å². The van der Waals surface area contributed by atoms with Gasteiger partial charge in [0.25, 0.3) is 0 Å². The van der Waals surface area contributed by atoms with Crippen molar-refractivity contribution in [2.45, 2.75) is 38.8 Å². The Balaban J connectivity index is 2.71. The number of hydrogen-bond donors (Lipinski definition) is 5. The lowest BCUT2D eigenvalue weighted by molar-refractivity contribution is 0.165. The molecule has 2 amide bonds. The topological polar surface area (TPSA) is 125 Å². The highest BCUT2D eigenvalue weighted by Crippen LogP contribution is 2.28. The molecule has 0 aliphatic rings. The molecule has 0 heterocycles. The van der Waals surface area contributed by atoms with Crippen molar-refractivity contribution in [3.8, 4) is 0 Å². The number of nitrogens with one attached hydrogen (secondary N) is 2. The Kier molecular flexibility index (Phi) is 6.84. The average molecular weight is 323 g/mol. The zero-order valence-corrected chi connectivity index (χ0v) is 13.5. The second kappa shape index (κ2) is 8.38. The molecule has 7 heteroatoms. The van der Waals surface area contributed by atoms with E-state index in [0.29, 0.717) is 0 Å². The molecule has 0 aliphatic carbocycles. The zero-order chi connectivity index (χ0) is 17.5. The Morgan fingerprint density at radius 1 is 1.17 bits per heavy atom.